The summed E-state index contributed by atoms with van der Waals surface area (Å²) in [5.74, 6) is 6.43. The Morgan fingerprint density at radius 2 is 0.778 bits per heavy atom. The molecule has 0 radical (unpaired) electrons. The Balaban J connectivity index is 1.14. The minimum Gasteiger partial charge on any atom is -0.103 e. The van der Waals surface area contributed by atoms with Gasteiger partial charge in [0.2, 0.25) is 0 Å². The molecule has 3 aliphatic rings. The number of unbranched alkanes of at least 4 members (excludes halogenated alkanes) is 8. The zero-order valence-corrected chi connectivity index (χ0v) is 24.8. The maximum absolute atomic E-state index is 3.90. The smallest absolute Gasteiger partial charge is 0.0351 e. The Kier molecular flexibility index (Phi) is 15.9. The van der Waals surface area contributed by atoms with Crippen LogP contribution in [0.4, 0.5) is 0 Å². The molecule has 3 rings (SSSR count). The summed E-state index contributed by atoms with van der Waals surface area (Å²) >= 11 is 0. The zero-order chi connectivity index (χ0) is 25.3. The molecule has 0 spiro atoms. The molecule has 0 unspecified atom stereocenters. The lowest BCUT2D eigenvalue weighted by Crippen LogP contribution is -2.26. The minimum absolute atomic E-state index is 1.01. The van der Waals surface area contributed by atoms with E-state index in [1.54, 1.807) is 64.2 Å². The Morgan fingerprint density at radius 1 is 0.444 bits per heavy atom. The van der Waals surface area contributed by atoms with Gasteiger partial charge in [0.1, 0.15) is 0 Å². The van der Waals surface area contributed by atoms with Gasteiger partial charge in [-0.3, -0.25) is 0 Å². The molecule has 210 valence electrons. The van der Waals surface area contributed by atoms with E-state index >= 15 is 0 Å². The molecular formula is C36H66. The average Bonchev–Trinajstić information content (AvgIpc) is 2.93. The predicted molar refractivity (Wildman–Crippen MR) is 161 cm³/mol. The normalized spacial score (nSPS) is 31.4. The lowest BCUT2D eigenvalue weighted by atomic mass is 9.68. The van der Waals surface area contributed by atoms with Crippen molar-refractivity contribution in [2.24, 2.45) is 35.5 Å². The van der Waals surface area contributed by atoms with Gasteiger partial charge >= 0.3 is 0 Å². The van der Waals surface area contributed by atoms with Gasteiger partial charge in [0.25, 0.3) is 0 Å². The van der Waals surface area contributed by atoms with E-state index in [2.05, 4.69) is 19.6 Å². The SMILES string of the molecule is C=CCCC1CCC(CCCCC2CCC(C3CCC(CCCCCCCCCC)CC3)CC2)CC1. The molecule has 0 aromatic rings. The molecule has 36 heavy (non-hydrogen) atoms. The first-order valence-corrected chi connectivity index (χ1v) is 17.4. The van der Waals surface area contributed by atoms with Crippen LogP contribution in [0.2, 0.25) is 0 Å². The van der Waals surface area contributed by atoms with Crippen LogP contribution in [0.25, 0.3) is 0 Å². The van der Waals surface area contributed by atoms with Gasteiger partial charge in [0, 0.05) is 0 Å². The Labute approximate surface area is 228 Å². The second-order valence-electron chi connectivity index (χ2n) is 13.9. The Morgan fingerprint density at radius 3 is 1.19 bits per heavy atom. The highest BCUT2D eigenvalue weighted by Gasteiger charge is 2.30. The van der Waals surface area contributed by atoms with Gasteiger partial charge in [0.05, 0.1) is 0 Å². The van der Waals surface area contributed by atoms with E-state index in [1.807, 2.05) is 0 Å². The molecule has 0 bridgehead atoms. The highest BCUT2D eigenvalue weighted by molar-refractivity contribution is 4.82. The summed E-state index contributed by atoms with van der Waals surface area (Å²) in [4.78, 5) is 0. The maximum atomic E-state index is 3.90. The number of hydrogen-bond acceptors (Lipinski definition) is 0. The first-order valence-electron chi connectivity index (χ1n) is 17.4. The second-order valence-corrected chi connectivity index (χ2v) is 13.9. The first-order chi connectivity index (χ1) is 17.8. The van der Waals surface area contributed by atoms with Crippen molar-refractivity contribution in [2.45, 2.75) is 180 Å². The van der Waals surface area contributed by atoms with Crippen LogP contribution in [0.1, 0.15) is 180 Å². The topological polar surface area (TPSA) is 0 Å². The van der Waals surface area contributed by atoms with E-state index in [1.165, 1.54) is 109 Å². The van der Waals surface area contributed by atoms with Gasteiger partial charge in [-0.05, 0) is 74.0 Å². The van der Waals surface area contributed by atoms with E-state index in [0.29, 0.717) is 0 Å². The summed E-state index contributed by atoms with van der Waals surface area (Å²) in [6.45, 7) is 6.22. The van der Waals surface area contributed by atoms with Crippen LogP contribution in [-0.2, 0) is 0 Å². The monoisotopic (exact) mass is 499 g/mol. The fraction of sp³-hybridized carbons (Fsp3) is 0.944. The van der Waals surface area contributed by atoms with Gasteiger partial charge in [-0.1, -0.05) is 148 Å². The quantitative estimate of drug-likeness (QED) is 0.130. The highest BCUT2D eigenvalue weighted by atomic mass is 14.4. The third-order valence-electron chi connectivity index (χ3n) is 11.1. The lowest BCUT2D eigenvalue weighted by molar-refractivity contribution is 0.139. The summed E-state index contributed by atoms with van der Waals surface area (Å²) < 4.78 is 0. The third kappa shape index (κ3) is 12.1. The van der Waals surface area contributed by atoms with Crippen LogP contribution in [-0.4, -0.2) is 0 Å². The molecular weight excluding hydrogens is 432 g/mol. The van der Waals surface area contributed by atoms with Crippen LogP contribution < -0.4 is 0 Å². The second kappa shape index (κ2) is 18.9. The van der Waals surface area contributed by atoms with Crippen molar-refractivity contribution in [3.63, 3.8) is 0 Å². The standard InChI is InChI=1S/C36H66/c1-3-5-7-8-9-10-11-12-16-33-23-27-35(28-24-33)36-29-25-34(26-30-36)18-14-13-17-32-21-19-31(20-22-32)15-6-4-2/h4,31-36H,2-3,5-30H2,1H3. The number of allylic oxidation sites excluding steroid dienone is 1. The van der Waals surface area contributed by atoms with Crippen LogP contribution in [0.15, 0.2) is 12.7 Å². The van der Waals surface area contributed by atoms with E-state index in [0.717, 1.165) is 35.5 Å². The minimum atomic E-state index is 1.01. The third-order valence-corrected chi connectivity index (χ3v) is 11.1. The highest BCUT2D eigenvalue weighted by Crippen LogP contribution is 2.43. The van der Waals surface area contributed by atoms with Gasteiger partial charge < -0.3 is 0 Å². The van der Waals surface area contributed by atoms with Crippen molar-refractivity contribution in [1.29, 1.82) is 0 Å². The molecule has 0 aliphatic heterocycles. The van der Waals surface area contributed by atoms with Gasteiger partial charge in [0.15, 0.2) is 0 Å². The van der Waals surface area contributed by atoms with Crippen LogP contribution in [0.5, 0.6) is 0 Å². The molecule has 0 saturated heterocycles. The molecule has 0 atom stereocenters. The fourth-order valence-corrected chi connectivity index (χ4v) is 8.49. The molecule has 0 aromatic heterocycles. The summed E-state index contributed by atoms with van der Waals surface area (Å²) in [6.07, 6.45) is 42.8. The summed E-state index contributed by atoms with van der Waals surface area (Å²) in [6, 6.07) is 0. The van der Waals surface area contributed by atoms with Crippen LogP contribution in [0, 0.1) is 35.5 Å². The largest absolute Gasteiger partial charge is 0.103 e. The average molecular weight is 499 g/mol. The first kappa shape index (κ1) is 30.3. The maximum Gasteiger partial charge on any atom is -0.0351 e. The molecule has 3 fully saturated rings. The van der Waals surface area contributed by atoms with Crippen LogP contribution in [0.3, 0.4) is 0 Å². The molecule has 3 saturated carbocycles. The summed E-state index contributed by atoms with van der Waals surface area (Å²) in [7, 11) is 0. The molecule has 0 heterocycles. The molecule has 0 heteroatoms. The van der Waals surface area contributed by atoms with E-state index in [-0.39, 0.29) is 0 Å². The van der Waals surface area contributed by atoms with Crippen molar-refractivity contribution in [2.75, 3.05) is 0 Å². The number of rotatable bonds is 18. The fourth-order valence-electron chi connectivity index (χ4n) is 8.49. The van der Waals surface area contributed by atoms with Gasteiger partial charge in [-0.2, -0.15) is 0 Å². The predicted octanol–water partition coefficient (Wildman–Crippen LogP) is 12.5. The molecule has 3 aliphatic carbocycles. The van der Waals surface area contributed by atoms with E-state index in [4.69, 9.17) is 0 Å². The van der Waals surface area contributed by atoms with Gasteiger partial charge in [-0.25, -0.2) is 0 Å². The summed E-state index contributed by atoms with van der Waals surface area (Å²) in [5, 5.41) is 0. The van der Waals surface area contributed by atoms with Crippen molar-refractivity contribution in [1.82, 2.24) is 0 Å². The number of hydrogen-bond donors (Lipinski definition) is 0. The van der Waals surface area contributed by atoms with Crippen molar-refractivity contribution in [3.05, 3.63) is 12.7 Å². The Hall–Kier alpha value is -0.260. The molecule has 0 N–H and O–H groups in total. The van der Waals surface area contributed by atoms with Crippen molar-refractivity contribution < 1.29 is 0 Å². The molecule has 0 amide bonds. The molecule has 0 nitrogen and oxygen atoms in total. The zero-order valence-electron chi connectivity index (χ0n) is 24.8. The van der Waals surface area contributed by atoms with Gasteiger partial charge in [-0.15, -0.1) is 6.58 Å². The van der Waals surface area contributed by atoms with Crippen molar-refractivity contribution in [3.8, 4) is 0 Å². The Bertz CT molecular complexity index is 510. The summed E-state index contributed by atoms with van der Waals surface area (Å²) in [5.41, 5.74) is 0. The van der Waals surface area contributed by atoms with Crippen LogP contribution >= 0.6 is 0 Å². The van der Waals surface area contributed by atoms with E-state index in [9.17, 15) is 0 Å². The lowest BCUT2D eigenvalue weighted by Gasteiger charge is -2.38. The van der Waals surface area contributed by atoms with Crippen molar-refractivity contribution >= 4 is 0 Å². The molecule has 0 aromatic carbocycles. The van der Waals surface area contributed by atoms with E-state index < -0.39 is 0 Å².